The average Bonchev–Trinajstić information content (AvgIpc) is 2.55. The van der Waals surface area contributed by atoms with E-state index in [1.807, 2.05) is 49.4 Å². The molecular weight excluding hydrogens is 320 g/mol. The summed E-state index contributed by atoms with van der Waals surface area (Å²) in [6, 6.07) is 18.0. The number of nitrogens with zero attached hydrogens (tertiary/aromatic N) is 1. The minimum atomic E-state index is -0.0677. The fourth-order valence-electron chi connectivity index (χ4n) is 2.57. The first-order chi connectivity index (χ1) is 11.5. The zero-order chi connectivity index (χ0) is 17.5. The van der Waals surface area contributed by atoms with Crippen LogP contribution in [0.15, 0.2) is 54.6 Å². The van der Waals surface area contributed by atoms with Crippen molar-refractivity contribution >= 4 is 17.5 Å². The van der Waals surface area contributed by atoms with E-state index in [9.17, 15) is 4.79 Å². The molecule has 4 heteroatoms. The number of nitrogens with one attached hydrogen (secondary N) is 1. The highest BCUT2D eigenvalue weighted by atomic mass is 35.5. The van der Waals surface area contributed by atoms with E-state index in [1.165, 1.54) is 5.56 Å². The summed E-state index contributed by atoms with van der Waals surface area (Å²) in [6.45, 7) is 7.32. The smallest absolute Gasteiger partial charge is 0.234 e. The van der Waals surface area contributed by atoms with E-state index in [-0.39, 0.29) is 18.0 Å². The molecule has 24 heavy (non-hydrogen) atoms. The van der Waals surface area contributed by atoms with E-state index < -0.39 is 0 Å². The van der Waals surface area contributed by atoms with Gasteiger partial charge >= 0.3 is 0 Å². The normalized spacial score (nSPS) is 12.4. The third-order valence-corrected chi connectivity index (χ3v) is 4.27. The summed E-state index contributed by atoms with van der Waals surface area (Å²) in [5.41, 5.74) is 2.22. The minimum absolute atomic E-state index is 0.0205. The van der Waals surface area contributed by atoms with E-state index >= 15 is 0 Å². The Labute approximate surface area is 149 Å². The molecule has 1 amide bonds. The molecule has 2 aromatic rings. The molecule has 0 aromatic heterocycles. The summed E-state index contributed by atoms with van der Waals surface area (Å²) >= 11 is 6.02. The second-order valence-corrected chi connectivity index (χ2v) is 6.76. The fraction of sp³-hybridized carbons (Fsp3) is 0.350. The molecule has 1 unspecified atom stereocenters. The highest BCUT2D eigenvalue weighted by Crippen LogP contribution is 2.17. The number of hydrogen-bond donors (Lipinski definition) is 1. The van der Waals surface area contributed by atoms with Crippen LogP contribution in [0.5, 0.6) is 0 Å². The summed E-state index contributed by atoms with van der Waals surface area (Å²) in [5.74, 6) is 0.0205. The molecule has 2 aromatic carbocycles. The number of carbonyl (C=O) groups is 1. The Morgan fingerprint density at radius 3 is 2.42 bits per heavy atom. The van der Waals surface area contributed by atoms with Crippen molar-refractivity contribution in [3.05, 3.63) is 70.7 Å². The van der Waals surface area contributed by atoms with Crippen LogP contribution >= 0.6 is 11.6 Å². The van der Waals surface area contributed by atoms with Gasteiger partial charge in [0.25, 0.3) is 0 Å². The minimum Gasteiger partial charge on any atom is -0.348 e. The van der Waals surface area contributed by atoms with Crippen LogP contribution < -0.4 is 5.32 Å². The molecule has 0 saturated carbocycles. The lowest BCUT2D eigenvalue weighted by Crippen LogP contribution is -2.41. The van der Waals surface area contributed by atoms with Gasteiger partial charge in [-0.05, 0) is 44.0 Å². The van der Waals surface area contributed by atoms with Gasteiger partial charge < -0.3 is 5.32 Å². The molecule has 0 saturated heterocycles. The van der Waals surface area contributed by atoms with E-state index in [1.54, 1.807) is 0 Å². The maximum absolute atomic E-state index is 12.4. The molecule has 128 valence electrons. The molecule has 0 bridgehead atoms. The Morgan fingerprint density at radius 2 is 1.79 bits per heavy atom. The Kier molecular flexibility index (Phi) is 6.83. The van der Waals surface area contributed by atoms with Crippen molar-refractivity contribution in [1.82, 2.24) is 10.2 Å². The van der Waals surface area contributed by atoms with Crippen molar-refractivity contribution in [2.24, 2.45) is 0 Å². The lowest BCUT2D eigenvalue weighted by Gasteiger charge is -2.26. The van der Waals surface area contributed by atoms with Crippen LogP contribution in [-0.2, 0) is 11.3 Å². The van der Waals surface area contributed by atoms with Gasteiger partial charge in [-0.1, -0.05) is 54.1 Å². The van der Waals surface area contributed by atoms with Crippen molar-refractivity contribution < 1.29 is 4.79 Å². The molecule has 0 aliphatic rings. The van der Waals surface area contributed by atoms with Gasteiger partial charge in [-0.2, -0.15) is 0 Å². The summed E-state index contributed by atoms with van der Waals surface area (Å²) in [7, 11) is 0. The number of halogens is 1. The van der Waals surface area contributed by atoms with E-state index in [0.717, 1.165) is 12.1 Å². The number of rotatable bonds is 7. The number of amides is 1. The van der Waals surface area contributed by atoms with E-state index in [0.29, 0.717) is 11.6 Å². The van der Waals surface area contributed by atoms with Crippen molar-refractivity contribution in [1.29, 1.82) is 0 Å². The number of hydrogen-bond acceptors (Lipinski definition) is 2. The predicted octanol–water partition coefficient (Wildman–Crippen LogP) is 4.43. The average molecular weight is 345 g/mol. The van der Waals surface area contributed by atoms with Gasteiger partial charge in [-0.15, -0.1) is 0 Å². The van der Waals surface area contributed by atoms with Crippen LogP contribution in [0.2, 0.25) is 5.02 Å². The zero-order valence-corrected chi connectivity index (χ0v) is 15.3. The SMILES string of the molecule is CC(NC(=O)CN(Cc1ccccc1)C(C)C)c1cccc(Cl)c1. The first-order valence-electron chi connectivity index (χ1n) is 8.28. The van der Waals surface area contributed by atoms with E-state index in [2.05, 4.69) is 36.2 Å². The maximum Gasteiger partial charge on any atom is 0.234 e. The van der Waals surface area contributed by atoms with Crippen molar-refractivity contribution in [2.45, 2.75) is 39.4 Å². The molecule has 0 aliphatic carbocycles. The first kappa shape index (κ1) is 18.5. The van der Waals surface area contributed by atoms with Crippen LogP contribution in [-0.4, -0.2) is 23.4 Å². The Bertz CT molecular complexity index is 658. The predicted molar refractivity (Wildman–Crippen MR) is 100.0 cm³/mol. The lowest BCUT2D eigenvalue weighted by atomic mass is 10.1. The third kappa shape index (κ3) is 5.66. The highest BCUT2D eigenvalue weighted by molar-refractivity contribution is 6.30. The van der Waals surface area contributed by atoms with Crippen LogP contribution in [0, 0.1) is 0 Å². The first-order valence-corrected chi connectivity index (χ1v) is 8.66. The van der Waals surface area contributed by atoms with Gasteiger partial charge in [-0.25, -0.2) is 0 Å². The van der Waals surface area contributed by atoms with Crippen LogP contribution in [0.3, 0.4) is 0 Å². The van der Waals surface area contributed by atoms with Gasteiger partial charge in [0.05, 0.1) is 12.6 Å². The number of benzene rings is 2. The van der Waals surface area contributed by atoms with E-state index in [4.69, 9.17) is 11.6 Å². The molecule has 0 aliphatic heterocycles. The molecule has 0 fully saturated rings. The Balaban J connectivity index is 1.95. The summed E-state index contributed by atoms with van der Waals surface area (Å²) in [6.07, 6.45) is 0. The molecule has 1 N–H and O–H groups in total. The molecule has 1 atom stereocenters. The Hall–Kier alpha value is -1.84. The monoisotopic (exact) mass is 344 g/mol. The summed E-state index contributed by atoms with van der Waals surface area (Å²) in [4.78, 5) is 14.6. The second-order valence-electron chi connectivity index (χ2n) is 6.33. The largest absolute Gasteiger partial charge is 0.348 e. The highest BCUT2D eigenvalue weighted by Gasteiger charge is 2.16. The van der Waals surface area contributed by atoms with Crippen LogP contribution in [0.1, 0.15) is 37.9 Å². The fourth-order valence-corrected chi connectivity index (χ4v) is 2.77. The van der Waals surface area contributed by atoms with Gasteiger partial charge in [0.1, 0.15) is 0 Å². The molecule has 0 radical (unpaired) electrons. The molecule has 0 heterocycles. The summed E-state index contributed by atoms with van der Waals surface area (Å²) < 4.78 is 0. The molecule has 2 rings (SSSR count). The summed E-state index contributed by atoms with van der Waals surface area (Å²) in [5, 5.41) is 3.74. The lowest BCUT2D eigenvalue weighted by molar-refractivity contribution is -0.123. The topological polar surface area (TPSA) is 32.3 Å². The quantitative estimate of drug-likeness (QED) is 0.806. The van der Waals surface area contributed by atoms with Crippen LogP contribution in [0.4, 0.5) is 0 Å². The molecular formula is C20H25ClN2O. The zero-order valence-electron chi connectivity index (χ0n) is 14.5. The Morgan fingerprint density at radius 1 is 1.08 bits per heavy atom. The maximum atomic E-state index is 12.4. The van der Waals surface area contributed by atoms with Gasteiger partial charge in [0.2, 0.25) is 5.91 Å². The van der Waals surface area contributed by atoms with Crippen molar-refractivity contribution in [3.8, 4) is 0 Å². The van der Waals surface area contributed by atoms with Gasteiger partial charge in [0, 0.05) is 17.6 Å². The van der Waals surface area contributed by atoms with Crippen molar-refractivity contribution in [2.75, 3.05) is 6.54 Å². The molecule has 3 nitrogen and oxygen atoms in total. The second kappa shape index (κ2) is 8.86. The van der Waals surface area contributed by atoms with Gasteiger partial charge in [0.15, 0.2) is 0 Å². The van der Waals surface area contributed by atoms with Gasteiger partial charge in [-0.3, -0.25) is 9.69 Å². The number of carbonyl (C=O) groups excluding carboxylic acids is 1. The standard InChI is InChI=1S/C20H25ClN2O/c1-15(2)23(13-17-8-5-4-6-9-17)14-20(24)22-16(3)18-10-7-11-19(21)12-18/h4-12,15-16H,13-14H2,1-3H3,(H,22,24). The third-order valence-electron chi connectivity index (χ3n) is 4.03. The molecule has 0 spiro atoms. The van der Waals surface area contributed by atoms with Crippen LogP contribution in [0.25, 0.3) is 0 Å². The van der Waals surface area contributed by atoms with Crippen molar-refractivity contribution in [3.63, 3.8) is 0 Å².